The molecule has 1 aliphatic heterocycles. The predicted molar refractivity (Wildman–Crippen MR) is 111 cm³/mol. The number of aryl methyl sites for hydroxylation is 1. The molecule has 2 aromatic heterocycles. The maximum absolute atomic E-state index is 13.0. The van der Waals surface area contributed by atoms with E-state index in [1.165, 1.54) is 0 Å². The normalized spacial score (nSPS) is 16.7. The Morgan fingerprint density at radius 3 is 2.93 bits per heavy atom. The number of anilines is 1. The fraction of sp³-hybridized carbons (Fsp3) is 0.318. The van der Waals surface area contributed by atoms with Gasteiger partial charge in [0.2, 0.25) is 5.91 Å². The second kappa shape index (κ2) is 8.87. The Labute approximate surface area is 170 Å². The van der Waals surface area contributed by atoms with Gasteiger partial charge in [0.15, 0.2) is 5.75 Å². The SMILES string of the molecule is CCn1cc(CN2CCC[C@H]2C(=O)Nc2ccccc2Oc2cccnc2)cn1. The zero-order valence-electron chi connectivity index (χ0n) is 16.5. The predicted octanol–water partition coefficient (Wildman–Crippen LogP) is 3.69. The highest BCUT2D eigenvalue weighted by atomic mass is 16.5. The number of rotatable bonds is 7. The third-order valence-electron chi connectivity index (χ3n) is 5.07. The lowest BCUT2D eigenvalue weighted by Crippen LogP contribution is -2.39. The van der Waals surface area contributed by atoms with Crippen LogP contribution in [-0.4, -0.2) is 38.2 Å². The zero-order chi connectivity index (χ0) is 20.1. The van der Waals surface area contributed by atoms with Crippen LogP contribution in [0, 0.1) is 0 Å². The van der Waals surface area contributed by atoms with Crippen LogP contribution in [0.5, 0.6) is 11.5 Å². The second-order valence-corrected chi connectivity index (χ2v) is 7.11. The summed E-state index contributed by atoms with van der Waals surface area (Å²) in [4.78, 5) is 19.3. The first-order valence-electron chi connectivity index (χ1n) is 9.96. The van der Waals surface area contributed by atoms with Crippen molar-refractivity contribution in [3.63, 3.8) is 0 Å². The summed E-state index contributed by atoms with van der Waals surface area (Å²) < 4.78 is 7.82. The van der Waals surface area contributed by atoms with Gasteiger partial charge in [-0.2, -0.15) is 5.10 Å². The van der Waals surface area contributed by atoms with Crippen LogP contribution in [0.15, 0.2) is 61.2 Å². The second-order valence-electron chi connectivity index (χ2n) is 7.11. The van der Waals surface area contributed by atoms with Crippen LogP contribution in [0.4, 0.5) is 5.69 Å². The Morgan fingerprint density at radius 1 is 1.24 bits per heavy atom. The Morgan fingerprint density at radius 2 is 2.14 bits per heavy atom. The summed E-state index contributed by atoms with van der Waals surface area (Å²) in [5.41, 5.74) is 1.79. The number of para-hydroxylation sites is 2. The Kier molecular flexibility index (Phi) is 5.86. The van der Waals surface area contributed by atoms with Crippen molar-refractivity contribution >= 4 is 11.6 Å². The van der Waals surface area contributed by atoms with E-state index >= 15 is 0 Å². The smallest absolute Gasteiger partial charge is 0.241 e. The number of carbonyl (C=O) groups excluding carboxylic acids is 1. The van der Waals surface area contributed by atoms with E-state index in [-0.39, 0.29) is 11.9 Å². The number of benzene rings is 1. The molecule has 7 nitrogen and oxygen atoms in total. The summed E-state index contributed by atoms with van der Waals surface area (Å²) in [6.07, 6.45) is 9.12. The minimum atomic E-state index is -0.161. The summed E-state index contributed by atoms with van der Waals surface area (Å²) in [5.74, 6) is 1.22. The van der Waals surface area contributed by atoms with Crippen molar-refractivity contribution in [3.05, 3.63) is 66.7 Å². The molecule has 0 aliphatic carbocycles. The summed E-state index contributed by atoms with van der Waals surface area (Å²) in [7, 11) is 0. The average molecular weight is 391 g/mol. The highest BCUT2D eigenvalue weighted by molar-refractivity contribution is 5.96. The molecule has 0 spiro atoms. The Bertz CT molecular complexity index is 957. The molecular formula is C22H25N5O2. The summed E-state index contributed by atoms with van der Waals surface area (Å²) in [5, 5.41) is 7.39. The van der Waals surface area contributed by atoms with E-state index in [9.17, 15) is 4.79 Å². The van der Waals surface area contributed by atoms with Gasteiger partial charge in [-0.05, 0) is 50.6 Å². The van der Waals surface area contributed by atoms with Gasteiger partial charge in [0.25, 0.3) is 0 Å². The van der Waals surface area contributed by atoms with Gasteiger partial charge in [0.05, 0.1) is 24.1 Å². The Hall–Kier alpha value is -3.19. The van der Waals surface area contributed by atoms with Crippen LogP contribution in [-0.2, 0) is 17.9 Å². The van der Waals surface area contributed by atoms with Crippen LogP contribution in [0.1, 0.15) is 25.3 Å². The van der Waals surface area contributed by atoms with Crippen molar-refractivity contribution in [1.82, 2.24) is 19.7 Å². The van der Waals surface area contributed by atoms with E-state index in [4.69, 9.17) is 4.74 Å². The zero-order valence-corrected chi connectivity index (χ0v) is 16.5. The van der Waals surface area contributed by atoms with Gasteiger partial charge in [-0.15, -0.1) is 0 Å². The average Bonchev–Trinajstić information content (AvgIpc) is 3.40. The van der Waals surface area contributed by atoms with Gasteiger partial charge in [-0.25, -0.2) is 0 Å². The van der Waals surface area contributed by atoms with Crippen molar-refractivity contribution in [3.8, 4) is 11.5 Å². The van der Waals surface area contributed by atoms with Crippen LogP contribution in [0.2, 0.25) is 0 Å². The van der Waals surface area contributed by atoms with Crippen molar-refractivity contribution in [1.29, 1.82) is 0 Å². The van der Waals surface area contributed by atoms with Crippen molar-refractivity contribution < 1.29 is 9.53 Å². The highest BCUT2D eigenvalue weighted by Gasteiger charge is 2.31. The van der Waals surface area contributed by atoms with E-state index in [0.29, 0.717) is 17.2 Å². The maximum Gasteiger partial charge on any atom is 0.241 e. The lowest BCUT2D eigenvalue weighted by molar-refractivity contribution is -0.120. The number of pyridine rings is 1. The molecule has 1 aromatic carbocycles. The standard InChI is InChI=1S/C22H25N5O2/c1-2-27-16-17(13-24-27)15-26-12-6-9-20(26)22(28)25-19-8-3-4-10-21(19)29-18-7-5-11-23-14-18/h3-5,7-8,10-11,13-14,16,20H,2,6,9,12,15H2,1H3,(H,25,28)/t20-/m0/s1. The van der Waals surface area contributed by atoms with Gasteiger partial charge in [0, 0.05) is 31.0 Å². The van der Waals surface area contributed by atoms with Crippen molar-refractivity contribution in [2.75, 3.05) is 11.9 Å². The van der Waals surface area contributed by atoms with Crippen LogP contribution in [0.25, 0.3) is 0 Å². The molecule has 1 saturated heterocycles. The number of nitrogens with one attached hydrogen (secondary N) is 1. The van der Waals surface area contributed by atoms with E-state index in [1.54, 1.807) is 12.4 Å². The highest BCUT2D eigenvalue weighted by Crippen LogP contribution is 2.30. The fourth-order valence-corrected chi connectivity index (χ4v) is 3.62. The fourth-order valence-electron chi connectivity index (χ4n) is 3.62. The number of aromatic nitrogens is 3. The van der Waals surface area contributed by atoms with Gasteiger partial charge >= 0.3 is 0 Å². The number of carbonyl (C=O) groups is 1. The molecule has 29 heavy (non-hydrogen) atoms. The number of amides is 1. The van der Waals surface area contributed by atoms with Crippen molar-refractivity contribution in [2.24, 2.45) is 0 Å². The molecule has 0 unspecified atom stereocenters. The molecule has 1 fully saturated rings. The van der Waals surface area contributed by atoms with Gasteiger partial charge in [-0.3, -0.25) is 19.4 Å². The summed E-state index contributed by atoms with van der Waals surface area (Å²) >= 11 is 0. The molecule has 1 amide bonds. The number of hydrogen-bond acceptors (Lipinski definition) is 5. The topological polar surface area (TPSA) is 72.3 Å². The summed E-state index contributed by atoms with van der Waals surface area (Å²) in [6, 6.07) is 11.0. The largest absolute Gasteiger partial charge is 0.454 e. The third-order valence-corrected chi connectivity index (χ3v) is 5.07. The van der Waals surface area contributed by atoms with E-state index in [1.807, 2.05) is 53.5 Å². The molecule has 3 heterocycles. The maximum atomic E-state index is 13.0. The van der Waals surface area contributed by atoms with E-state index in [0.717, 1.165) is 38.0 Å². The first-order chi connectivity index (χ1) is 14.2. The van der Waals surface area contributed by atoms with Gasteiger partial charge in [-0.1, -0.05) is 12.1 Å². The van der Waals surface area contributed by atoms with Gasteiger partial charge < -0.3 is 10.1 Å². The molecule has 1 atom stereocenters. The molecule has 1 N–H and O–H groups in total. The molecule has 1 aliphatic rings. The lowest BCUT2D eigenvalue weighted by atomic mass is 10.2. The third kappa shape index (κ3) is 4.63. The van der Waals surface area contributed by atoms with Crippen LogP contribution >= 0.6 is 0 Å². The molecule has 4 rings (SSSR count). The summed E-state index contributed by atoms with van der Waals surface area (Å²) in [6.45, 7) is 4.54. The number of likely N-dealkylation sites (tertiary alicyclic amines) is 1. The molecule has 150 valence electrons. The first kappa shape index (κ1) is 19.1. The van der Waals surface area contributed by atoms with Crippen LogP contribution < -0.4 is 10.1 Å². The first-order valence-corrected chi connectivity index (χ1v) is 9.96. The van der Waals surface area contributed by atoms with E-state index < -0.39 is 0 Å². The minimum Gasteiger partial charge on any atom is -0.454 e. The number of hydrogen-bond donors (Lipinski definition) is 1. The number of nitrogens with zero attached hydrogens (tertiary/aromatic N) is 4. The Balaban J connectivity index is 1.44. The lowest BCUT2D eigenvalue weighted by Gasteiger charge is -2.23. The molecular weight excluding hydrogens is 366 g/mol. The number of ether oxygens (including phenoxy) is 1. The quantitative estimate of drug-likeness (QED) is 0.665. The monoisotopic (exact) mass is 391 g/mol. The van der Waals surface area contributed by atoms with Gasteiger partial charge in [0.1, 0.15) is 5.75 Å². The minimum absolute atomic E-state index is 0.00683. The molecule has 0 saturated carbocycles. The van der Waals surface area contributed by atoms with Crippen LogP contribution in [0.3, 0.4) is 0 Å². The van der Waals surface area contributed by atoms with Crippen molar-refractivity contribution in [2.45, 2.75) is 38.9 Å². The molecule has 0 radical (unpaired) electrons. The molecule has 3 aromatic rings. The molecule has 0 bridgehead atoms. The van der Waals surface area contributed by atoms with E-state index in [2.05, 4.69) is 27.2 Å². The molecule has 7 heteroatoms.